The van der Waals surface area contributed by atoms with E-state index in [0.29, 0.717) is 15.2 Å². The third-order valence-electron chi connectivity index (χ3n) is 2.34. The predicted molar refractivity (Wildman–Crippen MR) is 74.2 cm³/mol. The van der Waals surface area contributed by atoms with Gasteiger partial charge in [0.15, 0.2) is 0 Å². The molecule has 0 N–H and O–H groups in total. The Labute approximate surface area is 126 Å². The summed E-state index contributed by atoms with van der Waals surface area (Å²) in [6, 6.07) is 5.47. The van der Waals surface area contributed by atoms with Crippen molar-refractivity contribution in [2.24, 2.45) is 14.2 Å². The number of hydrogen-bond acceptors (Lipinski definition) is 5. The third kappa shape index (κ3) is 3.50. The van der Waals surface area contributed by atoms with Crippen LogP contribution in [0.4, 0.5) is 0 Å². The van der Waals surface area contributed by atoms with Gasteiger partial charge in [-0.25, -0.2) is 0 Å². The first-order valence-electron chi connectivity index (χ1n) is 5.74. The Morgan fingerprint density at radius 1 is 1.40 bits per heavy atom. The summed E-state index contributed by atoms with van der Waals surface area (Å²) in [5, 5.41) is 4.31. The Kier molecular flexibility index (Phi) is 5.00. The molecule has 1 heterocycles. The molecular weight excluding hydrogens is 349 g/mol. The van der Waals surface area contributed by atoms with Crippen molar-refractivity contribution in [3.63, 3.8) is 0 Å². The van der Waals surface area contributed by atoms with Crippen LogP contribution in [-0.4, -0.2) is 44.3 Å². The molecule has 1 unspecified atom stereocenters. The first-order chi connectivity index (χ1) is 9.61. The number of esters is 1. The number of ether oxygens (including phenoxy) is 1. The number of carbonyl (C=O) groups is 2. The molecule has 0 aliphatic carbocycles. The molecule has 1 atom stereocenters. The van der Waals surface area contributed by atoms with Gasteiger partial charge in [0, 0.05) is 0 Å². The number of hydrogen-bond donors (Lipinski definition) is 0. The van der Waals surface area contributed by atoms with Crippen LogP contribution in [0.25, 0.3) is 0 Å². The summed E-state index contributed by atoms with van der Waals surface area (Å²) in [5.74, 6) is -0.974. The molecule has 8 heteroatoms. The normalized spacial score (nSPS) is 19.3. The van der Waals surface area contributed by atoms with Gasteiger partial charge < -0.3 is 0 Å². The van der Waals surface area contributed by atoms with Gasteiger partial charge >= 0.3 is 126 Å². The van der Waals surface area contributed by atoms with Gasteiger partial charge in [-0.2, -0.15) is 0 Å². The quantitative estimate of drug-likeness (QED) is 0.611. The number of aliphatic imine (C=N–C) groups is 1. The first kappa shape index (κ1) is 14.8. The van der Waals surface area contributed by atoms with Crippen molar-refractivity contribution in [2.45, 2.75) is 13.0 Å². The molecule has 0 fully saturated rings. The van der Waals surface area contributed by atoms with E-state index in [4.69, 9.17) is 16.3 Å². The fourth-order valence-electron chi connectivity index (χ4n) is 1.42. The van der Waals surface area contributed by atoms with Crippen LogP contribution in [0.3, 0.4) is 0 Å². The fourth-order valence-corrected chi connectivity index (χ4v) is 2.79. The van der Waals surface area contributed by atoms with E-state index in [1.165, 1.54) is 0 Å². The predicted octanol–water partition coefficient (Wildman–Crippen LogP) is 1.90. The van der Waals surface area contributed by atoms with Crippen molar-refractivity contribution < 1.29 is 14.3 Å². The average molecular weight is 359 g/mol. The summed E-state index contributed by atoms with van der Waals surface area (Å²) < 4.78 is 9.02. The molecule has 6 nitrogen and oxygen atoms in total. The molecule has 1 aromatic carbocycles. The van der Waals surface area contributed by atoms with Gasteiger partial charge in [-0.3, -0.25) is 0 Å². The third-order valence-corrected chi connectivity index (χ3v) is 4.02. The Bertz CT molecular complexity index is 586. The van der Waals surface area contributed by atoms with Crippen LogP contribution < -0.4 is 0 Å². The van der Waals surface area contributed by atoms with Crippen LogP contribution in [-0.2, 0) is 9.53 Å². The summed E-state index contributed by atoms with van der Waals surface area (Å²) in [4.78, 5) is 27.6. The monoisotopic (exact) mass is 359 g/mol. The van der Waals surface area contributed by atoms with E-state index in [0.717, 1.165) is 0 Å². The van der Waals surface area contributed by atoms with Gasteiger partial charge in [-0.1, -0.05) is 0 Å². The molecule has 104 valence electrons. The molecule has 20 heavy (non-hydrogen) atoms. The van der Waals surface area contributed by atoms with Gasteiger partial charge in [0.25, 0.3) is 0 Å². The van der Waals surface area contributed by atoms with Crippen molar-refractivity contribution in [1.29, 1.82) is 0 Å². The van der Waals surface area contributed by atoms with Crippen molar-refractivity contribution >= 4 is 43.3 Å². The van der Waals surface area contributed by atoms with Crippen molar-refractivity contribution in [3.05, 3.63) is 34.9 Å². The molecule has 0 spiro atoms. The molecule has 0 saturated heterocycles. The number of amides is 1. The molecule has 1 aliphatic rings. The maximum absolute atomic E-state index is 12.0. The molecule has 0 aromatic heterocycles. The molecule has 2 rings (SSSR count). The molecule has 1 aliphatic heterocycles. The number of carbonyl (C=O) groups excluding carboxylic acids is 2. The Hall–Kier alpha value is -1.56. The zero-order valence-corrected chi connectivity index (χ0v) is 12.9. The van der Waals surface area contributed by atoms with E-state index >= 15 is 0 Å². The minimum absolute atomic E-state index is 0.246. The summed E-state index contributed by atoms with van der Waals surface area (Å²) in [6.45, 7) is 1.95. The number of rotatable bonds is 3. The van der Waals surface area contributed by atoms with Crippen LogP contribution in [0, 0.1) is 0 Å². The number of benzene rings is 1. The summed E-state index contributed by atoms with van der Waals surface area (Å²) in [5.41, 5.74) is 0.396. The van der Waals surface area contributed by atoms with Crippen LogP contribution in [0.1, 0.15) is 17.3 Å². The van der Waals surface area contributed by atoms with E-state index in [9.17, 15) is 9.59 Å². The van der Waals surface area contributed by atoms with Gasteiger partial charge in [0.1, 0.15) is 0 Å². The molecule has 1 aromatic rings. The van der Waals surface area contributed by atoms with Crippen molar-refractivity contribution in [1.82, 2.24) is 0 Å². The van der Waals surface area contributed by atoms with E-state index < -0.39 is 33.1 Å². The van der Waals surface area contributed by atoms with E-state index in [2.05, 4.69) is 14.2 Å². The van der Waals surface area contributed by atoms with E-state index in [-0.39, 0.29) is 6.61 Å². The van der Waals surface area contributed by atoms with Crippen LogP contribution in [0.15, 0.2) is 38.5 Å². The second-order valence-electron chi connectivity index (χ2n) is 3.71. The Morgan fingerprint density at radius 3 is 2.75 bits per heavy atom. The summed E-state index contributed by atoms with van der Waals surface area (Å²) >= 11 is 5.31. The van der Waals surface area contributed by atoms with E-state index in [1.54, 1.807) is 31.2 Å². The fraction of sp³-hybridized carbons (Fsp3) is 0.250. The van der Waals surface area contributed by atoms with E-state index in [1.807, 2.05) is 0 Å². The molecule has 0 radical (unpaired) electrons. The second kappa shape index (κ2) is 6.74. The molecule has 0 saturated carbocycles. The first-order valence-corrected chi connectivity index (χ1v) is 7.74. The zero-order valence-electron chi connectivity index (χ0n) is 10.4. The summed E-state index contributed by atoms with van der Waals surface area (Å²) in [6.07, 6.45) is 0. The van der Waals surface area contributed by atoms with Gasteiger partial charge in [0.2, 0.25) is 0 Å². The topological polar surface area (TPSA) is 80.4 Å². The Balaban J connectivity index is 2.15. The molecular formula is C12H10ClN3O3Se. The minimum atomic E-state index is -0.883. The van der Waals surface area contributed by atoms with Crippen LogP contribution in [0.2, 0.25) is 5.02 Å². The standard InChI is InChI=1S/C12H10ClN3O3Se/c1-2-19-12(18)9-11(20-16-15-9)14-10(17)7-3-5-8(13)6-4-7/h3-6,9H,2H2,1H3. The van der Waals surface area contributed by atoms with Crippen LogP contribution in [0.5, 0.6) is 0 Å². The number of nitrogens with zero attached hydrogens (tertiary/aromatic N) is 3. The number of halogens is 1. The van der Waals surface area contributed by atoms with Crippen molar-refractivity contribution in [2.75, 3.05) is 6.61 Å². The van der Waals surface area contributed by atoms with Gasteiger partial charge in [-0.15, -0.1) is 0 Å². The summed E-state index contributed by atoms with van der Waals surface area (Å²) in [7, 11) is 0. The maximum atomic E-state index is 12.0. The average Bonchev–Trinajstić information content (AvgIpc) is 2.88. The molecule has 0 bridgehead atoms. The zero-order chi connectivity index (χ0) is 14.5. The molecule has 1 amide bonds. The van der Waals surface area contributed by atoms with Crippen molar-refractivity contribution in [3.8, 4) is 0 Å². The second-order valence-corrected chi connectivity index (χ2v) is 5.74. The van der Waals surface area contributed by atoms with Gasteiger partial charge in [-0.05, 0) is 0 Å². The van der Waals surface area contributed by atoms with Gasteiger partial charge in [0.05, 0.1) is 0 Å². The van der Waals surface area contributed by atoms with Crippen LogP contribution >= 0.6 is 11.6 Å². The SMILES string of the molecule is CCOC(=O)C1N=N[Se]C1=NC(=O)c1ccc(Cl)cc1. The Morgan fingerprint density at radius 2 is 2.10 bits per heavy atom.